The molecule has 0 radical (unpaired) electrons. The number of hydrogen-bond donors (Lipinski definition) is 1. The van der Waals surface area contributed by atoms with Crippen LogP contribution in [0, 0.1) is 0 Å². The minimum absolute atomic E-state index is 0.453. The maximum absolute atomic E-state index is 5.73. The van der Waals surface area contributed by atoms with E-state index in [1.165, 1.54) is 12.2 Å². The lowest BCUT2D eigenvalue weighted by Gasteiger charge is -2.24. The molecule has 0 bridgehead atoms. The van der Waals surface area contributed by atoms with E-state index in [0.29, 0.717) is 4.99 Å². The van der Waals surface area contributed by atoms with Gasteiger partial charge in [0.25, 0.3) is 0 Å². The molecule has 0 amide bonds. The number of thioether (sulfide) groups is 1. The monoisotopic (exact) mass is 253 g/mol. The fraction of sp³-hybridized carbons (Fsp3) is 0.455. The third kappa shape index (κ3) is 2.65. The molecule has 0 saturated carbocycles. The second-order valence-corrected chi connectivity index (χ2v) is 5.37. The van der Waals surface area contributed by atoms with E-state index in [-0.39, 0.29) is 0 Å². The van der Waals surface area contributed by atoms with Gasteiger partial charge in [-0.15, -0.1) is 0 Å². The highest BCUT2D eigenvalue weighted by atomic mass is 32.2. The fourth-order valence-electron chi connectivity index (χ4n) is 1.83. The van der Waals surface area contributed by atoms with Crippen molar-refractivity contribution in [2.24, 2.45) is 5.73 Å². The first kappa shape index (κ1) is 11.7. The second kappa shape index (κ2) is 5.50. The molecule has 0 aliphatic carbocycles. The van der Waals surface area contributed by atoms with Gasteiger partial charge in [-0.1, -0.05) is 12.2 Å². The summed E-state index contributed by atoms with van der Waals surface area (Å²) in [5.41, 5.74) is 7.75. The largest absolute Gasteiger partial charge is 0.389 e. The summed E-state index contributed by atoms with van der Waals surface area (Å²) in [4.78, 5) is 6.96. The predicted octanol–water partition coefficient (Wildman–Crippen LogP) is 1.66. The normalized spacial score (nSPS) is 16.9. The van der Waals surface area contributed by atoms with E-state index in [1.54, 1.807) is 6.20 Å². The molecule has 1 aromatic rings. The highest BCUT2D eigenvalue weighted by molar-refractivity contribution is 7.99. The molecular weight excluding hydrogens is 238 g/mol. The lowest BCUT2D eigenvalue weighted by molar-refractivity contribution is 0.813. The van der Waals surface area contributed by atoms with E-state index in [2.05, 4.69) is 9.88 Å². The summed E-state index contributed by atoms with van der Waals surface area (Å²) in [5.74, 6) is 2.39. The Balaban J connectivity index is 2.27. The van der Waals surface area contributed by atoms with E-state index >= 15 is 0 Å². The van der Waals surface area contributed by atoms with Crippen LogP contribution in [0.1, 0.15) is 12.0 Å². The molecule has 0 spiro atoms. The minimum Gasteiger partial charge on any atom is -0.389 e. The maximum atomic E-state index is 5.73. The van der Waals surface area contributed by atoms with Crippen LogP contribution in [0.15, 0.2) is 18.5 Å². The highest BCUT2D eigenvalue weighted by Gasteiger charge is 2.14. The van der Waals surface area contributed by atoms with Crippen molar-refractivity contribution in [2.75, 3.05) is 29.5 Å². The molecule has 1 fully saturated rings. The fourth-order valence-corrected chi connectivity index (χ4v) is 2.89. The summed E-state index contributed by atoms with van der Waals surface area (Å²) in [5, 5.41) is 0. The topological polar surface area (TPSA) is 42.1 Å². The number of hydrogen-bond acceptors (Lipinski definition) is 4. The molecular formula is C11H15N3S2. The van der Waals surface area contributed by atoms with Gasteiger partial charge in [0.05, 0.1) is 11.9 Å². The number of nitrogens with zero attached hydrogens (tertiary/aromatic N) is 2. The van der Waals surface area contributed by atoms with Gasteiger partial charge in [-0.25, -0.2) is 0 Å². The molecule has 1 saturated heterocycles. The van der Waals surface area contributed by atoms with E-state index in [0.717, 1.165) is 30.1 Å². The van der Waals surface area contributed by atoms with Crippen molar-refractivity contribution in [2.45, 2.75) is 6.42 Å². The quantitative estimate of drug-likeness (QED) is 0.812. The zero-order chi connectivity index (χ0) is 11.4. The average molecular weight is 253 g/mol. The van der Waals surface area contributed by atoms with Crippen LogP contribution in [0.3, 0.4) is 0 Å². The van der Waals surface area contributed by atoms with Gasteiger partial charge in [0, 0.05) is 30.6 Å². The number of aromatic nitrogens is 1. The van der Waals surface area contributed by atoms with Crippen LogP contribution in [0.5, 0.6) is 0 Å². The van der Waals surface area contributed by atoms with Gasteiger partial charge < -0.3 is 10.6 Å². The number of pyridine rings is 1. The van der Waals surface area contributed by atoms with Gasteiger partial charge in [0.1, 0.15) is 4.99 Å². The summed E-state index contributed by atoms with van der Waals surface area (Å²) in [6, 6.07) is 1.90. The van der Waals surface area contributed by atoms with Crippen molar-refractivity contribution in [1.29, 1.82) is 0 Å². The minimum atomic E-state index is 0.453. The summed E-state index contributed by atoms with van der Waals surface area (Å²) >= 11 is 7.07. The molecule has 2 N–H and O–H groups in total. The molecule has 86 valence electrons. The van der Waals surface area contributed by atoms with Gasteiger partial charge >= 0.3 is 0 Å². The Morgan fingerprint density at radius 3 is 3.12 bits per heavy atom. The Morgan fingerprint density at radius 1 is 1.44 bits per heavy atom. The van der Waals surface area contributed by atoms with E-state index in [4.69, 9.17) is 18.0 Å². The molecule has 3 nitrogen and oxygen atoms in total. The van der Waals surface area contributed by atoms with Gasteiger partial charge in [-0.2, -0.15) is 11.8 Å². The zero-order valence-electron chi connectivity index (χ0n) is 9.06. The van der Waals surface area contributed by atoms with Crippen LogP contribution in [-0.2, 0) is 0 Å². The van der Waals surface area contributed by atoms with Crippen LogP contribution in [-0.4, -0.2) is 34.6 Å². The maximum Gasteiger partial charge on any atom is 0.106 e. The van der Waals surface area contributed by atoms with Crippen molar-refractivity contribution >= 4 is 34.7 Å². The Morgan fingerprint density at radius 2 is 2.31 bits per heavy atom. The predicted molar refractivity (Wildman–Crippen MR) is 74.3 cm³/mol. The van der Waals surface area contributed by atoms with Crippen LogP contribution >= 0.6 is 24.0 Å². The summed E-state index contributed by atoms with van der Waals surface area (Å²) in [6.45, 7) is 2.11. The molecule has 5 heteroatoms. The first-order valence-electron chi connectivity index (χ1n) is 5.35. The SMILES string of the molecule is NC(=S)c1ccncc1N1CCCSCC1. The van der Waals surface area contributed by atoms with E-state index < -0.39 is 0 Å². The molecule has 2 heterocycles. The molecule has 0 aromatic carbocycles. The first-order chi connectivity index (χ1) is 7.79. The highest BCUT2D eigenvalue weighted by Crippen LogP contribution is 2.22. The zero-order valence-corrected chi connectivity index (χ0v) is 10.7. The molecule has 1 aromatic heterocycles. The molecule has 0 unspecified atom stereocenters. The first-order valence-corrected chi connectivity index (χ1v) is 6.92. The summed E-state index contributed by atoms with van der Waals surface area (Å²) in [7, 11) is 0. The number of anilines is 1. The molecule has 2 rings (SSSR count). The van der Waals surface area contributed by atoms with Gasteiger partial charge in [0.2, 0.25) is 0 Å². The van der Waals surface area contributed by atoms with Gasteiger partial charge in [-0.3, -0.25) is 4.98 Å². The van der Waals surface area contributed by atoms with Crippen LogP contribution < -0.4 is 10.6 Å². The molecule has 0 atom stereocenters. The van der Waals surface area contributed by atoms with Crippen LogP contribution in [0.2, 0.25) is 0 Å². The molecule has 1 aliphatic heterocycles. The Bertz CT molecular complexity index is 373. The third-order valence-electron chi connectivity index (χ3n) is 2.63. The van der Waals surface area contributed by atoms with E-state index in [1.807, 2.05) is 24.0 Å². The van der Waals surface area contributed by atoms with Crippen molar-refractivity contribution in [3.63, 3.8) is 0 Å². The van der Waals surface area contributed by atoms with Gasteiger partial charge in [0.15, 0.2) is 0 Å². The molecule has 1 aliphatic rings. The molecule has 16 heavy (non-hydrogen) atoms. The average Bonchev–Trinajstić information content (AvgIpc) is 2.57. The lowest BCUT2D eigenvalue weighted by atomic mass is 10.2. The van der Waals surface area contributed by atoms with Crippen molar-refractivity contribution in [3.8, 4) is 0 Å². The standard InChI is InChI=1S/C11H15N3S2/c12-11(15)9-2-3-13-8-10(9)14-4-1-6-16-7-5-14/h2-3,8H,1,4-7H2,(H2,12,15). The number of nitrogens with two attached hydrogens (primary N) is 1. The lowest BCUT2D eigenvalue weighted by Crippen LogP contribution is -2.28. The van der Waals surface area contributed by atoms with Gasteiger partial charge in [-0.05, 0) is 18.2 Å². The smallest absolute Gasteiger partial charge is 0.106 e. The Hall–Kier alpha value is -0.810. The second-order valence-electron chi connectivity index (χ2n) is 3.71. The van der Waals surface area contributed by atoms with Crippen molar-refractivity contribution in [3.05, 3.63) is 24.0 Å². The number of rotatable bonds is 2. The van der Waals surface area contributed by atoms with Crippen LogP contribution in [0.4, 0.5) is 5.69 Å². The Kier molecular flexibility index (Phi) is 4.01. The van der Waals surface area contributed by atoms with E-state index in [9.17, 15) is 0 Å². The number of thiocarbonyl (C=S) groups is 1. The van der Waals surface area contributed by atoms with Crippen LogP contribution in [0.25, 0.3) is 0 Å². The van der Waals surface area contributed by atoms with Crippen molar-refractivity contribution < 1.29 is 0 Å². The summed E-state index contributed by atoms with van der Waals surface area (Å²) in [6.07, 6.45) is 4.81. The summed E-state index contributed by atoms with van der Waals surface area (Å²) < 4.78 is 0. The van der Waals surface area contributed by atoms with Crippen molar-refractivity contribution in [1.82, 2.24) is 4.98 Å². The Labute approximate surface area is 105 Å². The third-order valence-corrected chi connectivity index (χ3v) is 3.90.